The lowest BCUT2D eigenvalue weighted by Gasteiger charge is -2.23. The van der Waals surface area contributed by atoms with Gasteiger partial charge in [0.2, 0.25) is 0 Å². The fourth-order valence-corrected chi connectivity index (χ4v) is 2.54. The van der Waals surface area contributed by atoms with Crippen LogP contribution in [0.15, 0.2) is 0 Å². The van der Waals surface area contributed by atoms with Crippen LogP contribution in [0.4, 0.5) is 0 Å². The first kappa shape index (κ1) is 19.9. The molecule has 1 heterocycles. The Hall–Kier alpha value is -1.14. The lowest BCUT2D eigenvalue weighted by Crippen LogP contribution is -2.40. The van der Waals surface area contributed by atoms with Crippen LogP contribution in [-0.4, -0.2) is 43.7 Å². The minimum absolute atomic E-state index is 0.287. The van der Waals surface area contributed by atoms with Crippen LogP contribution in [-0.2, 0) is 28.5 Å². The number of rotatable bonds is 10. The van der Waals surface area contributed by atoms with Gasteiger partial charge in [0.25, 0.3) is 0 Å². The van der Waals surface area contributed by atoms with E-state index in [1.54, 1.807) is 0 Å². The Morgan fingerprint density at radius 2 is 1.43 bits per heavy atom. The fourth-order valence-electron chi connectivity index (χ4n) is 2.54. The van der Waals surface area contributed by atoms with Crippen molar-refractivity contribution in [2.45, 2.75) is 90.3 Å². The largest absolute Gasteiger partial charge is 0.455 e. The average Bonchev–Trinajstić information content (AvgIpc) is 2.87. The molecule has 0 N–H and O–H groups in total. The number of unbranched alkanes of at least 4 members (excludes halogenated alkanes) is 2. The van der Waals surface area contributed by atoms with Gasteiger partial charge in [-0.1, -0.05) is 33.6 Å². The van der Waals surface area contributed by atoms with E-state index in [-0.39, 0.29) is 18.0 Å². The maximum Gasteiger partial charge on any atom is 0.306 e. The minimum Gasteiger partial charge on any atom is -0.455 e. The van der Waals surface area contributed by atoms with Crippen molar-refractivity contribution < 1.29 is 28.5 Å². The maximum absolute atomic E-state index is 12.0. The Labute approximate surface area is 138 Å². The Morgan fingerprint density at radius 3 is 1.87 bits per heavy atom. The van der Waals surface area contributed by atoms with Gasteiger partial charge in [0.1, 0.15) is 6.10 Å². The number of methoxy groups -OCH3 is 1. The summed E-state index contributed by atoms with van der Waals surface area (Å²) in [6.45, 7) is 5.96. The Bertz CT molecular complexity index is 336. The standard InChI is InChI=1S/C17H30O6/c1-5-8-10-13(18)22-15-12(7-3)21-17(20-4)16(15)23-14(19)11-9-6-2/h12,15-17H,5-11H2,1-4H3. The zero-order valence-corrected chi connectivity index (χ0v) is 14.7. The van der Waals surface area contributed by atoms with Gasteiger partial charge in [0, 0.05) is 20.0 Å². The molecule has 0 aromatic heterocycles. The van der Waals surface area contributed by atoms with Crippen LogP contribution < -0.4 is 0 Å². The van der Waals surface area contributed by atoms with Crippen LogP contribution in [0.5, 0.6) is 0 Å². The van der Waals surface area contributed by atoms with Crippen LogP contribution in [0.2, 0.25) is 0 Å². The molecule has 23 heavy (non-hydrogen) atoms. The molecule has 0 radical (unpaired) electrons. The molecule has 4 atom stereocenters. The number of ether oxygens (including phenoxy) is 4. The fraction of sp³-hybridized carbons (Fsp3) is 0.882. The maximum atomic E-state index is 12.0. The first-order valence-electron chi connectivity index (χ1n) is 8.64. The van der Waals surface area contributed by atoms with Crippen molar-refractivity contribution in [3.05, 3.63) is 0 Å². The van der Waals surface area contributed by atoms with E-state index in [2.05, 4.69) is 0 Å². The van der Waals surface area contributed by atoms with Gasteiger partial charge in [-0.2, -0.15) is 0 Å². The van der Waals surface area contributed by atoms with Crippen molar-refractivity contribution >= 4 is 11.9 Å². The third kappa shape index (κ3) is 6.11. The number of carbonyl (C=O) groups excluding carboxylic acids is 2. The normalized spacial score (nSPS) is 27.0. The van der Waals surface area contributed by atoms with Gasteiger partial charge in [-0.25, -0.2) is 0 Å². The summed E-state index contributed by atoms with van der Waals surface area (Å²) in [4.78, 5) is 23.9. The van der Waals surface area contributed by atoms with Gasteiger partial charge in [0.15, 0.2) is 18.5 Å². The molecule has 4 unspecified atom stereocenters. The summed E-state index contributed by atoms with van der Waals surface area (Å²) >= 11 is 0. The van der Waals surface area contributed by atoms with E-state index < -0.39 is 18.5 Å². The zero-order chi connectivity index (χ0) is 17.2. The Morgan fingerprint density at radius 1 is 0.913 bits per heavy atom. The molecule has 0 spiro atoms. The molecule has 1 aliphatic rings. The quantitative estimate of drug-likeness (QED) is 0.574. The molecule has 1 rings (SSSR count). The van der Waals surface area contributed by atoms with E-state index >= 15 is 0 Å². The third-order valence-electron chi connectivity index (χ3n) is 3.91. The first-order chi connectivity index (χ1) is 11.1. The van der Waals surface area contributed by atoms with Crippen molar-refractivity contribution in [1.29, 1.82) is 0 Å². The molecule has 0 amide bonds. The monoisotopic (exact) mass is 330 g/mol. The summed E-state index contributed by atoms with van der Waals surface area (Å²) in [7, 11) is 1.49. The second-order valence-electron chi connectivity index (χ2n) is 5.80. The van der Waals surface area contributed by atoms with Gasteiger partial charge in [-0.05, 0) is 19.3 Å². The number of hydrogen-bond acceptors (Lipinski definition) is 6. The molecule has 6 nitrogen and oxygen atoms in total. The van der Waals surface area contributed by atoms with Gasteiger partial charge >= 0.3 is 11.9 Å². The second-order valence-corrected chi connectivity index (χ2v) is 5.80. The SMILES string of the molecule is CCCCC(=O)OC1C(CC)OC(OC)C1OC(=O)CCCC. The molecular weight excluding hydrogens is 300 g/mol. The van der Waals surface area contributed by atoms with Crippen LogP contribution >= 0.6 is 0 Å². The second kappa shape index (κ2) is 10.6. The highest BCUT2D eigenvalue weighted by molar-refractivity contribution is 5.70. The molecule has 0 aromatic carbocycles. The highest BCUT2D eigenvalue weighted by Gasteiger charge is 2.49. The molecule has 0 aromatic rings. The van der Waals surface area contributed by atoms with Crippen molar-refractivity contribution in [2.24, 2.45) is 0 Å². The number of esters is 2. The predicted octanol–water partition coefficient (Wildman–Crippen LogP) is 2.97. The Balaban J connectivity index is 2.73. The van der Waals surface area contributed by atoms with Crippen molar-refractivity contribution in [2.75, 3.05) is 7.11 Å². The molecule has 6 heteroatoms. The smallest absolute Gasteiger partial charge is 0.306 e. The first-order valence-corrected chi connectivity index (χ1v) is 8.64. The number of hydrogen-bond donors (Lipinski definition) is 0. The summed E-state index contributed by atoms with van der Waals surface area (Å²) in [5.74, 6) is -0.598. The predicted molar refractivity (Wildman–Crippen MR) is 84.8 cm³/mol. The summed E-state index contributed by atoms with van der Waals surface area (Å²) in [6, 6.07) is 0. The van der Waals surface area contributed by atoms with Crippen molar-refractivity contribution in [3.8, 4) is 0 Å². The molecular formula is C17H30O6. The van der Waals surface area contributed by atoms with Crippen LogP contribution in [0.3, 0.4) is 0 Å². The van der Waals surface area contributed by atoms with Crippen LogP contribution in [0.1, 0.15) is 65.7 Å². The van der Waals surface area contributed by atoms with E-state index in [4.69, 9.17) is 18.9 Å². The summed E-state index contributed by atoms with van der Waals surface area (Å²) < 4.78 is 22.0. The molecule has 0 aliphatic carbocycles. The topological polar surface area (TPSA) is 71.1 Å². The van der Waals surface area contributed by atoms with E-state index in [0.29, 0.717) is 19.3 Å². The lowest BCUT2D eigenvalue weighted by molar-refractivity contribution is -0.182. The van der Waals surface area contributed by atoms with Gasteiger partial charge in [0.05, 0.1) is 0 Å². The van der Waals surface area contributed by atoms with E-state index in [1.165, 1.54) is 7.11 Å². The lowest BCUT2D eigenvalue weighted by atomic mass is 10.1. The third-order valence-corrected chi connectivity index (χ3v) is 3.91. The number of carbonyl (C=O) groups is 2. The van der Waals surface area contributed by atoms with Crippen LogP contribution in [0.25, 0.3) is 0 Å². The summed E-state index contributed by atoms with van der Waals surface area (Å²) in [5.41, 5.74) is 0. The summed E-state index contributed by atoms with van der Waals surface area (Å²) in [6.07, 6.45) is 2.38. The van der Waals surface area contributed by atoms with Gasteiger partial charge in [-0.15, -0.1) is 0 Å². The van der Waals surface area contributed by atoms with E-state index in [9.17, 15) is 9.59 Å². The highest BCUT2D eigenvalue weighted by atomic mass is 16.7. The van der Waals surface area contributed by atoms with E-state index in [1.807, 2.05) is 20.8 Å². The molecule has 1 saturated heterocycles. The molecule has 1 fully saturated rings. The molecule has 0 saturated carbocycles. The average molecular weight is 330 g/mol. The minimum atomic E-state index is -0.708. The van der Waals surface area contributed by atoms with Crippen molar-refractivity contribution in [1.82, 2.24) is 0 Å². The molecule has 1 aliphatic heterocycles. The van der Waals surface area contributed by atoms with Crippen molar-refractivity contribution in [3.63, 3.8) is 0 Å². The zero-order valence-electron chi connectivity index (χ0n) is 14.7. The molecule has 134 valence electrons. The van der Waals surface area contributed by atoms with Gasteiger partial charge < -0.3 is 18.9 Å². The highest BCUT2D eigenvalue weighted by Crippen LogP contribution is 2.30. The molecule has 0 bridgehead atoms. The Kier molecular flexibility index (Phi) is 9.17. The van der Waals surface area contributed by atoms with Gasteiger partial charge in [-0.3, -0.25) is 9.59 Å². The summed E-state index contributed by atoms with van der Waals surface area (Å²) in [5, 5.41) is 0. The van der Waals surface area contributed by atoms with Crippen LogP contribution in [0, 0.1) is 0 Å². The van der Waals surface area contributed by atoms with E-state index in [0.717, 1.165) is 25.7 Å².